The number of carbonyl (C=O) groups excluding carboxylic acids is 1. The van der Waals surface area contributed by atoms with Crippen LogP contribution in [0.15, 0.2) is 22.6 Å². The van der Waals surface area contributed by atoms with Gasteiger partial charge in [-0.1, -0.05) is 6.07 Å². The molecule has 0 saturated carbocycles. The van der Waals surface area contributed by atoms with Gasteiger partial charge in [-0.2, -0.15) is 4.98 Å². The van der Waals surface area contributed by atoms with E-state index in [2.05, 4.69) is 9.88 Å². The van der Waals surface area contributed by atoms with E-state index in [0.29, 0.717) is 22.7 Å². The molecular weight excluding hydrogens is 270 g/mol. The number of ether oxygens (including phenoxy) is 1. The minimum atomic E-state index is -0.483. The van der Waals surface area contributed by atoms with E-state index < -0.39 is 5.91 Å². The van der Waals surface area contributed by atoms with E-state index in [4.69, 9.17) is 14.9 Å². The normalized spacial score (nSPS) is 20.7. The van der Waals surface area contributed by atoms with Gasteiger partial charge in [0.15, 0.2) is 5.58 Å². The minimum Gasteiger partial charge on any atom is -0.423 e. The van der Waals surface area contributed by atoms with Crippen molar-refractivity contribution in [2.75, 3.05) is 31.2 Å². The van der Waals surface area contributed by atoms with Gasteiger partial charge < -0.3 is 19.8 Å². The molecule has 2 fully saturated rings. The van der Waals surface area contributed by atoms with Crippen LogP contribution in [0.5, 0.6) is 0 Å². The molecule has 4 rings (SSSR count). The van der Waals surface area contributed by atoms with Gasteiger partial charge in [0.1, 0.15) is 5.52 Å². The minimum absolute atomic E-state index is 0.255. The molecule has 1 amide bonds. The highest BCUT2D eigenvalue weighted by atomic mass is 16.5. The fraction of sp³-hybridized carbons (Fsp3) is 0.467. The Bertz CT molecular complexity index is 705. The summed E-state index contributed by atoms with van der Waals surface area (Å²) in [5, 5.41) is 0. The quantitative estimate of drug-likeness (QED) is 0.906. The number of carbonyl (C=O) groups is 1. The third kappa shape index (κ3) is 1.98. The number of rotatable bonds is 2. The lowest BCUT2D eigenvalue weighted by Crippen LogP contribution is -2.54. The number of amides is 1. The second-order valence-electron chi connectivity index (χ2n) is 6.03. The predicted molar refractivity (Wildman–Crippen MR) is 77.2 cm³/mol. The van der Waals surface area contributed by atoms with Crippen molar-refractivity contribution < 1.29 is 13.9 Å². The molecule has 2 aliphatic rings. The Kier molecular flexibility index (Phi) is 2.68. The SMILES string of the molecule is NC(=O)c1cccc2oc(N3CCCC4(COC4)C3)nc12. The molecule has 0 aliphatic carbocycles. The highest BCUT2D eigenvalue weighted by Gasteiger charge is 2.43. The first-order valence-corrected chi connectivity index (χ1v) is 7.19. The molecule has 110 valence electrons. The number of hydrogen-bond acceptors (Lipinski definition) is 5. The summed E-state index contributed by atoms with van der Waals surface area (Å²) in [7, 11) is 0. The highest BCUT2D eigenvalue weighted by Crippen LogP contribution is 2.39. The molecule has 1 aromatic heterocycles. The molecule has 0 atom stereocenters. The molecule has 0 radical (unpaired) electrons. The van der Waals surface area contributed by atoms with Gasteiger partial charge in [0.05, 0.1) is 18.8 Å². The number of fused-ring (bicyclic) bond motifs is 1. The second-order valence-corrected chi connectivity index (χ2v) is 6.03. The topological polar surface area (TPSA) is 81.6 Å². The number of primary amides is 1. The van der Waals surface area contributed by atoms with Gasteiger partial charge >= 0.3 is 0 Å². The van der Waals surface area contributed by atoms with Crippen LogP contribution < -0.4 is 10.6 Å². The number of para-hydroxylation sites is 1. The first-order valence-electron chi connectivity index (χ1n) is 7.19. The van der Waals surface area contributed by atoms with Crippen molar-refractivity contribution in [3.05, 3.63) is 23.8 Å². The van der Waals surface area contributed by atoms with E-state index in [1.165, 1.54) is 6.42 Å². The Labute approximate surface area is 121 Å². The van der Waals surface area contributed by atoms with E-state index >= 15 is 0 Å². The molecular formula is C15H17N3O3. The molecule has 3 heterocycles. The van der Waals surface area contributed by atoms with Gasteiger partial charge in [-0.3, -0.25) is 4.79 Å². The summed E-state index contributed by atoms with van der Waals surface area (Å²) in [4.78, 5) is 18.1. The lowest BCUT2D eigenvalue weighted by molar-refractivity contribution is -0.118. The van der Waals surface area contributed by atoms with E-state index in [9.17, 15) is 4.79 Å². The monoisotopic (exact) mass is 287 g/mol. The number of anilines is 1. The van der Waals surface area contributed by atoms with Crippen molar-refractivity contribution in [3.63, 3.8) is 0 Å². The summed E-state index contributed by atoms with van der Waals surface area (Å²) in [5.41, 5.74) is 7.20. The van der Waals surface area contributed by atoms with E-state index in [1.54, 1.807) is 12.1 Å². The third-order valence-corrected chi connectivity index (χ3v) is 4.42. The van der Waals surface area contributed by atoms with E-state index in [1.807, 2.05) is 6.07 Å². The third-order valence-electron chi connectivity index (χ3n) is 4.42. The molecule has 2 N–H and O–H groups in total. The maximum atomic E-state index is 11.5. The number of nitrogens with zero attached hydrogens (tertiary/aromatic N) is 2. The van der Waals surface area contributed by atoms with E-state index in [-0.39, 0.29) is 5.41 Å². The first kappa shape index (κ1) is 12.6. The fourth-order valence-electron chi connectivity index (χ4n) is 3.27. The number of nitrogens with two attached hydrogens (primary N) is 1. The van der Waals surface area contributed by atoms with Gasteiger partial charge in [-0.15, -0.1) is 0 Å². The molecule has 1 aromatic carbocycles. The molecule has 2 aromatic rings. The average Bonchev–Trinajstić information content (AvgIpc) is 2.89. The maximum absolute atomic E-state index is 11.5. The van der Waals surface area contributed by atoms with Gasteiger partial charge in [0, 0.05) is 18.5 Å². The molecule has 0 bridgehead atoms. The summed E-state index contributed by atoms with van der Waals surface area (Å²) in [6.07, 6.45) is 2.29. The van der Waals surface area contributed by atoms with Crippen LogP contribution in [0.3, 0.4) is 0 Å². The predicted octanol–water partition coefficient (Wildman–Crippen LogP) is 1.54. The van der Waals surface area contributed by atoms with Crippen molar-refractivity contribution in [2.45, 2.75) is 12.8 Å². The summed E-state index contributed by atoms with van der Waals surface area (Å²) >= 11 is 0. The molecule has 2 aliphatic heterocycles. The van der Waals surface area contributed by atoms with Gasteiger partial charge in [0.25, 0.3) is 11.9 Å². The van der Waals surface area contributed by atoms with Crippen molar-refractivity contribution in [1.82, 2.24) is 4.98 Å². The fourth-order valence-corrected chi connectivity index (χ4v) is 3.27. The molecule has 21 heavy (non-hydrogen) atoms. The van der Waals surface area contributed by atoms with Crippen LogP contribution in [0.25, 0.3) is 11.1 Å². The molecule has 1 spiro atoms. The van der Waals surface area contributed by atoms with Crippen LogP contribution in [0.2, 0.25) is 0 Å². The van der Waals surface area contributed by atoms with Crippen LogP contribution >= 0.6 is 0 Å². The Morgan fingerprint density at radius 1 is 1.38 bits per heavy atom. The number of benzene rings is 1. The number of hydrogen-bond donors (Lipinski definition) is 1. The summed E-state index contributed by atoms with van der Waals surface area (Å²) in [6.45, 7) is 3.44. The van der Waals surface area contributed by atoms with Gasteiger partial charge in [-0.25, -0.2) is 0 Å². The largest absolute Gasteiger partial charge is 0.423 e. The smallest absolute Gasteiger partial charge is 0.298 e. The zero-order chi connectivity index (χ0) is 14.4. The van der Waals surface area contributed by atoms with Crippen molar-refractivity contribution in [1.29, 1.82) is 0 Å². The van der Waals surface area contributed by atoms with Crippen LogP contribution in [0, 0.1) is 5.41 Å². The average molecular weight is 287 g/mol. The van der Waals surface area contributed by atoms with Gasteiger partial charge in [-0.05, 0) is 25.0 Å². The highest BCUT2D eigenvalue weighted by molar-refractivity contribution is 6.03. The lowest BCUT2D eigenvalue weighted by Gasteiger charge is -2.47. The molecule has 0 unspecified atom stereocenters. The Morgan fingerprint density at radius 2 is 2.24 bits per heavy atom. The Balaban J connectivity index is 1.70. The number of aromatic nitrogens is 1. The zero-order valence-electron chi connectivity index (χ0n) is 11.7. The van der Waals surface area contributed by atoms with Gasteiger partial charge in [0.2, 0.25) is 0 Å². The van der Waals surface area contributed by atoms with Crippen molar-refractivity contribution in [2.24, 2.45) is 11.1 Å². The van der Waals surface area contributed by atoms with Crippen LogP contribution in [0.4, 0.5) is 6.01 Å². The lowest BCUT2D eigenvalue weighted by atomic mass is 9.78. The number of oxazole rings is 1. The van der Waals surface area contributed by atoms with E-state index in [0.717, 1.165) is 32.7 Å². The maximum Gasteiger partial charge on any atom is 0.298 e. The van der Waals surface area contributed by atoms with Crippen molar-refractivity contribution in [3.8, 4) is 0 Å². The number of piperidine rings is 1. The molecule has 2 saturated heterocycles. The Morgan fingerprint density at radius 3 is 2.95 bits per heavy atom. The van der Waals surface area contributed by atoms with Crippen LogP contribution in [-0.4, -0.2) is 37.2 Å². The summed E-state index contributed by atoms with van der Waals surface area (Å²) in [6, 6.07) is 5.82. The zero-order valence-corrected chi connectivity index (χ0v) is 11.7. The molecule has 6 nitrogen and oxygen atoms in total. The van der Waals surface area contributed by atoms with Crippen LogP contribution in [-0.2, 0) is 4.74 Å². The first-order chi connectivity index (χ1) is 10.2. The van der Waals surface area contributed by atoms with Crippen molar-refractivity contribution >= 4 is 23.0 Å². The second kappa shape index (κ2) is 4.46. The van der Waals surface area contributed by atoms with Crippen LogP contribution in [0.1, 0.15) is 23.2 Å². The summed E-state index contributed by atoms with van der Waals surface area (Å²) in [5.74, 6) is -0.483. The summed E-state index contributed by atoms with van der Waals surface area (Å²) < 4.78 is 11.2. The standard InChI is InChI=1S/C15H17N3O3/c16-13(19)10-3-1-4-11-12(10)17-14(21-11)18-6-2-5-15(7-18)8-20-9-15/h1,3-4H,2,5-9H2,(H2,16,19). The molecule has 6 heteroatoms. The Hall–Kier alpha value is -2.08.